The normalized spacial score (nSPS) is 10.9. The van der Waals surface area contributed by atoms with Gasteiger partial charge >= 0.3 is 0 Å². The number of nitrogens with two attached hydrogens (primary N) is 1. The third-order valence-electron chi connectivity index (χ3n) is 2.27. The molecule has 0 amide bonds. The van der Waals surface area contributed by atoms with E-state index in [0.29, 0.717) is 0 Å². The number of aromatic amines is 1. The fraction of sp³-hybridized carbons (Fsp3) is 0.250. The van der Waals surface area contributed by atoms with Crippen LogP contribution in [0.3, 0.4) is 0 Å². The van der Waals surface area contributed by atoms with Crippen molar-refractivity contribution in [2.24, 2.45) is 5.73 Å². The van der Waals surface area contributed by atoms with Gasteiger partial charge in [-0.05, 0) is 19.4 Å². The molecule has 0 bridgehead atoms. The summed E-state index contributed by atoms with van der Waals surface area (Å²) in [6.07, 6.45) is 1.82. The molecule has 2 rings (SSSR count). The molecular weight excluding hydrogens is 222 g/mol. The Morgan fingerprint density at radius 3 is 2.31 bits per heavy atom. The minimum atomic E-state index is -0.424. The molecule has 86 valence electrons. The van der Waals surface area contributed by atoms with Crippen LogP contribution in [0.15, 0.2) is 36.5 Å². The average molecular weight is 238 g/mol. The molecule has 0 aliphatic carbocycles. The number of benzene rings is 1. The second-order valence-corrected chi connectivity index (χ2v) is 4.23. The van der Waals surface area contributed by atoms with E-state index >= 15 is 0 Å². The van der Waals surface area contributed by atoms with Gasteiger partial charge in [-0.3, -0.25) is 0 Å². The lowest BCUT2D eigenvalue weighted by Gasteiger charge is -2.14. The number of H-pyrrole nitrogens is 1. The van der Waals surface area contributed by atoms with Crippen LogP contribution >= 0.6 is 12.4 Å². The summed E-state index contributed by atoms with van der Waals surface area (Å²) in [5, 5.41) is 0. The summed E-state index contributed by atoms with van der Waals surface area (Å²) in [5.74, 6) is 0.807. The summed E-state index contributed by atoms with van der Waals surface area (Å²) >= 11 is 0. The zero-order valence-electron chi connectivity index (χ0n) is 9.40. The van der Waals surface area contributed by atoms with Gasteiger partial charge in [0.2, 0.25) is 0 Å². The van der Waals surface area contributed by atoms with Crippen LogP contribution in [0.5, 0.6) is 0 Å². The van der Waals surface area contributed by atoms with Gasteiger partial charge in [-0.15, -0.1) is 12.4 Å². The molecule has 3 N–H and O–H groups in total. The first-order valence-corrected chi connectivity index (χ1v) is 4.97. The highest BCUT2D eigenvalue weighted by molar-refractivity contribution is 5.85. The number of nitrogens with one attached hydrogen (secondary N) is 1. The fourth-order valence-corrected chi connectivity index (χ4v) is 1.41. The van der Waals surface area contributed by atoms with Gasteiger partial charge in [0.05, 0.1) is 17.4 Å². The van der Waals surface area contributed by atoms with Crippen molar-refractivity contribution in [3.63, 3.8) is 0 Å². The molecule has 0 aliphatic rings. The number of nitrogens with zero attached hydrogens (tertiary/aromatic N) is 1. The Kier molecular flexibility index (Phi) is 3.73. The number of imidazole rings is 1. The lowest BCUT2D eigenvalue weighted by molar-refractivity contribution is 0.520. The van der Waals surface area contributed by atoms with E-state index in [2.05, 4.69) is 9.97 Å². The second kappa shape index (κ2) is 4.68. The maximum Gasteiger partial charge on any atom is 0.126 e. The van der Waals surface area contributed by atoms with E-state index in [-0.39, 0.29) is 12.4 Å². The molecule has 2 aromatic rings. The first-order chi connectivity index (χ1) is 7.07. The van der Waals surface area contributed by atoms with Gasteiger partial charge in [-0.1, -0.05) is 30.3 Å². The third kappa shape index (κ3) is 2.62. The van der Waals surface area contributed by atoms with Gasteiger partial charge in [0.15, 0.2) is 0 Å². The molecule has 3 nitrogen and oxygen atoms in total. The van der Waals surface area contributed by atoms with Crippen LogP contribution in [-0.4, -0.2) is 9.97 Å². The molecule has 0 aliphatic heterocycles. The van der Waals surface area contributed by atoms with Gasteiger partial charge in [0.1, 0.15) is 5.82 Å². The Morgan fingerprint density at radius 2 is 1.81 bits per heavy atom. The minimum absolute atomic E-state index is 0. The maximum absolute atomic E-state index is 5.95. The van der Waals surface area contributed by atoms with Crippen molar-refractivity contribution in [2.45, 2.75) is 19.4 Å². The summed E-state index contributed by atoms with van der Waals surface area (Å²) in [5.41, 5.74) is 7.66. The van der Waals surface area contributed by atoms with Gasteiger partial charge in [0.25, 0.3) is 0 Å². The van der Waals surface area contributed by atoms with E-state index in [4.69, 9.17) is 5.73 Å². The Balaban J connectivity index is 0.00000128. The molecule has 1 aromatic carbocycles. The van der Waals surface area contributed by atoms with Gasteiger partial charge in [-0.25, -0.2) is 4.98 Å². The SMILES string of the molecule is CC(C)(N)c1ncc(-c2ccccc2)[nH]1.Cl. The molecular formula is C12H16ClN3. The number of aromatic nitrogens is 2. The van der Waals surface area contributed by atoms with Crippen molar-refractivity contribution in [1.82, 2.24) is 9.97 Å². The van der Waals surface area contributed by atoms with Crippen LogP contribution in [0, 0.1) is 0 Å². The second-order valence-electron chi connectivity index (χ2n) is 4.23. The molecule has 0 unspecified atom stereocenters. The van der Waals surface area contributed by atoms with E-state index in [9.17, 15) is 0 Å². The number of hydrogen-bond acceptors (Lipinski definition) is 2. The van der Waals surface area contributed by atoms with Gasteiger partial charge < -0.3 is 10.7 Å². The van der Waals surface area contributed by atoms with E-state index < -0.39 is 5.54 Å². The Bertz CT molecular complexity index is 443. The number of rotatable bonds is 2. The van der Waals surface area contributed by atoms with Crippen LogP contribution in [0.1, 0.15) is 19.7 Å². The maximum atomic E-state index is 5.95. The Morgan fingerprint density at radius 1 is 1.19 bits per heavy atom. The first kappa shape index (κ1) is 12.7. The molecule has 4 heteroatoms. The van der Waals surface area contributed by atoms with Crippen LogP contribution in [0.4, 0.5) is 0 Å². The molecule has 0 atom stereocenters. The molecule has 1 aromatic heterocycles. The van der Waals surface area contributed by atoms with Crippen molar-refractivity contribution in [3.8, 4) is 11.3 Å². The van der Waals surface area contributed by atoms with Crippen molar-refractivity contribution >= 4 is 12.4 Å². The van der Waals surface area contributed by atoms with Gasteiger partial charge in [0, 0.05) is 0 Å². The number of hydrogen-bond donors (Lipinski definition) is 2. The molecule has 0 saturated heterocycles. The standard InChI is InChI=1S/C12H15N3.ClH/c1-12(2,13)11-14-8-10(15-11)9-6-4-3-5-7-9;/h3-8H,13H2,1-2H3,(H,14,15);1H. The molecule has 0 spiro atoms. The Hall–Kier alpha value is -1.32. The lowest BCUT2D eigenvalue weighted by Crippen LogP contribution is -2.30. The summed E-state index contributed by atoms with van der Waals surface area (Å²) in [7, 11) is 0. The third-order valence-corrected chi connectivity index (χ3v) is 2.27. The monoisotopic (exact) mass is 237 g/mol. The van der Waals surface area contributed by atoms with Crippen molar-refractivity contribution in [1.29, 1.82) is 0 Å². The lowest BCUT2D eigenvalue weighted by atomic mass is 10.1. The predicted octanol–water partition coefficient (Wildman–Crippen LogP) is 2.69. The molecule has 0 fully saturated rings. The summed E-state index contributed by atoms with van der Waals surface area (Å²) in [6, 6.07) is 10.1. The Labute approximate surface area is 102 Å². The number of halogens is 1. The van der Waals surface area contributed by atoms with Crippen LogP contribution in [-0.2, 0) is 5.54 Å². The largest absolute Gasteiger partial charge is 0.340 e. The molecule has 0 radical (unpaired) electrons. The van der Waals surface area contributed by atoms with Crippen LogP contribution in [0.25, 0.3) is 11.3 Å². The zero-order valence-corrected chi connectivity index (χ0v) is 10.2. The molecule has 0 saturated carbocycles. The highest BCUT2D eigenvalue weighted by atomic mass is 35.5. The topological polar surface area (TPSA) is 54.7 Å². The van der Waals surface area contributed by atoms with E-state index in [1.54, 1.807) is 0 Å². The van der Waals surface area contributed by atoms with E-state index in [0.717, 1.165) is 17.1 Å². The highest BCUT2D eigenvalue weighted by Crippen LogP contribution is 2.20. The zero-order chi connectivity index (χ0) is 10.9. The summed E-state index contributed by atoms with van der Waals surface area (Å²) in [6.45, 7) is 3.86. The quantitative estimate of drug-likeness (QED) is 0.844. The van der Waals surface area contributed by atoms with E-state index in [1.165, 1.54) is 0 Å². The smallest absolute Gasteiger partial charge is 0.126 e. The first-order valence-electron chi connectivity index (χ1n) is 4.97. The van der Waals surface area contributed by atoms with Gasteiger partial charge in [-0.2, -0.15) is 0 Å². The van der Waals surface area contributed by atoms with Crippen molar-refractivity contribution < 1.29 is 0 Å². The van der Waals surface area contributed by atoms with Crippen LogP contribution < -0.4 is 5.73 Å². The van der Waals surface area contributed by atoms with Crippen molar-refractivity contribution in [2.75, 3.05) is 0 Å². The molecule has 1 heterocycles. The van der Waals surface area contributed by atoms with Crippen LogP contribution in [0.2, 0.25) is 0 Å². The van der Waals surface area contributed by atoms with Crippen molar-refractivity contribution in [3.05, 3.63) is 42.4 Å². The van der Waals surface area contributed by atoms with E-state index in [1.807, 2.05) is 50.4 Å². The predicted molar refractivity (Wildman–Crippen MR) is 68.5 cm³/mol. The molecule has 16 heavy (non-hydrogen) atoms. The highest BCUT2D eigenvalue weighted by Gasteiger charge is 2.17. The summed E-state index contributed by atoms with van der Waals surface area (Å²) < 4.78 is 0. The fourth-order valence-electron chi connectivity index (χ4n) is 1.41. The average Bonchev–Trinajstić information content (AvgIpc) is 2.67. The minimum Gasteiger partial charge on any atom is -0.340 e. The summed E-state index contributed by atoms with van der Waals surface area (Å²) in [4.78, 5) is 7.52.